The van der Waals surface area contributed by atoms with E-state index >= 15 is 0 Å². The Labute approximate surface area is 196 Å². The van der Waals surface area contributed by atoms with E-state index in [1.807, 2.05) is 30.3 Å². The lowest BCUT2D eigenvalue weighted by atomic mass is 10.1. The molecule has 0 unspecified atom stereocenters. The van der Waals surface area contributed by atoms with Crippen molar-refractivity contribution in [1.29, 1.82) is 0 Å². The molecule has 0 spiro atoms. The summed E-state index contributed by atoms with van der Waals surface area (Å²) in [5.41, 5.74) is 1.25. The highest BCUT2D eigenvalue weighted by Crippen LogP contribution is 2.30. The number of aryl methyl sites for hydroxylation is 2. The van der Waals surface area contributed by atoms with Crippen LogP contribution in [0.2, 0.25) is 0 Å². The average molecular weight is 492 g/mol. The predicted molar refractivity (Wildman–Crippen MR) is 124 cm³/mol. The van der Waals surface area contributed by atoms with Crippen molar-refractivity contribution in [3.8, 4) is 0 Å². The van der Waals surface area contributed by atoms with E-state index in [9.17, 15) is 22.8 Å². The second-order valence-electron chi connectivity index (χ2n) is 7.37. The van der Waals surface area contributed by atoms with Gasteiger partial charge in [0.1, 0.15) is 0 Å². The van der Waals surface area contributed by atoms with Gasteiger partial charge in [-0.2, -0.15) is 13.2 Å². The number of anilines is 1. The van der Waals surface area contributed by atoms with Crippen LogP contribution in [0.25, 0.3) is 0 Å². The van der Waals surface area contributed by atoms with Crippen LogP contribution >= 0.6 is 23.5 Å². The number of nitrogens with zero attached hydrogens (tertiary/aromatic N) is 2. The van der Waals surface area contributed by atoms with Crippen molar-refractivity contribution in [2.45, 2.75) is 35.6 Å². The van der Waals surface area contributed by atoms with Crippen molar-refractivity contribution < 1.29 is 18.0 Å². The highest BCUT2D eigenvalue weighted by atomic mass is 32.2. The summed E-state index contributed by atoms with van der Waals surface area (Å²) in [4.78, 5) is 30.8. The Morgan fingerprint density at radius 1 is 1.12 bits per heavy atom. The third-order valence-electron chi connectivity index (χ3n) is 5.04. The number of hydrogen-bond donors (Lipinski definition) is 1. The molecule has 4 rings (SSSR count). The van der Waals surface area contributed by atoms with E-state index in [2.05, 4.69) is 10.3 Å². The highest BCUT2D eigenvalue weighted by Gasteiger charge is 2.30. The molecule has 1 amide bonds. The number of aromatic nitrogens is 2. The minimum absolute atomic E-state index is 0.0231. The van der Waals surface area contributed by atoms with E-state index in [1.165, 1.54) is 23.9 Å². The van der Waals surface area contributed by atoms with Crippen molar-refractivity contribution >= 4 is 35.1 Å². The van der Waals surface area contributed by atoms with Crippen LogP contribution in [-0.4, -0.2) is 27.0 Å². The second-order valence-corrected chi connectivity index (χ2v) is 9.42. The minimum atomic E-state index is -4.43. The van der Waals surface area contributed by atoms with Gasteiger partial charge in [-0.25, -0.2) is 4.98 Å². The normalized spacial score (nSPS) is 13.1. The van der Waals surface area contributed by atoms with Crippen LogP contribution in [0.1, 0.15) is 16.8 Å². The lowest BCUT2D eigenvalue weighted by Gasteiger charge is -2.14. The number of hydrogen-bond acceptors (Lipinski definition) is 5. The number of amides is 1. The van der Waals surface area contributed by atoms with Gasteiger partial charge >= 0.3 is 6.18 Å². The number of carbonyl (C=O) groups is 1. The largest absolute Gasteiger partial charge is 0.416 e. The Morgan fingerprint density at radius 2 is 1.85 bits per heavy atom. The first-order valence-electron chi connectivity index (χ1n) is 10.2. The third-order valence-corrected chi connectivity index (χ3v) is 7.13. The van der Waals surface area contributed by atoms with Gasteiger partial charge in [-0.3, -0.25) is 14.2 Å². The van der Waals surface area contributed by atoms with E-state index in [0.717, 1.165) is 40.9 Å². The number of alkyl halides is 3. The maximum atomic E-state index is 13.0. The monoisotopic (exact) mass is 491 g/mol. The van der Waals surface area contributed by atoms with Crippen molar-refractivity contribution in [2.24, 2.45) is 0 Å². The van der Waals surface area contributed by atoms with Crippen LogP contribution in [0.15, 0.2) is 69.4 Å². The molecule has 3 aromatic rings. The molecule has 10 heteroatoms. The standard InChI is InChI=1S/C23H20F3N3O2S2/c24-23(25,26)16-6-8-17(9-7-16)27-19(30)14-33-22-28-18-11-13-32-20(18)21(31)29(22)12-10-15-4-2-1-3-5-15/h1-9H,10-14H2,(H,27,30). The maximum absolute atomic E-state index is 13.0. The Bertz CT molecular complexity index is 1200. The Kier molecular flexibility index (Phi) is 7.14. The molecule has 0 aliphatic carbocycles. The maximum Gasteiger partial charge on any atom is 0.416 e. The number of thioether (sulfide) groups is 2. The Balaban J connectivity index is 1.46. The summed E-state index contributed by atoms with van der Waals surface area (Å²) in [5.74, 6) is 0.391. The molecule has 0 radical (unpaired) electrons. The van der Waals surface area contributed by atoms with E-state index in [-0.39, 0.29) is 17.0 Å². The minimum Gasteiger partial charge on any atom is -0.325 e. The van der Waals surface area contributed by atoms with Gasteiger partial charge in [-0.1, -0.05) is 42.1 Å². The zero-order chi connectivity index (χ0) is 23.4. The van der Waals surface area contributed by atoms with E-state index in [0.29, 0.717) is 29.4 Å². The third kappa shape index (κ3) is 5.80. The molecule has 2 heterocycles. The molecule has 1 aromatic heterocycles. The number of nitrogens with one attached hydrogen (secondary N) is 1. The molecule has 1 aliphatic rings. The van der Waals surface area contributed by atoms with Crippen molar-refractivity contribution in [1.82, 2.24) is 9.55 Å². The van der Waals surface area contributed by atoms with E-state index < -0.39 is 17.6 Å². The fourth-order valence-electron chi connectivity index (χ4n) is 3.39. The molecule has 0 fully saturated rings. The predicted octanol–water partition coefficient (Wildman–Crippen LogP) is 4.88. The van der Waals surface area contributed by atoms with Gasteiger partial charge in [0, 0.05) is 24.4 Å². The zero-order valence-corrected chi connectivity index (χ0v) is 19.0. The van der Waals surface area contributed by atoms with Crippen LogP contribution in [-0.2, 0) is 30.4 Å². The number of benzene rings is 2. The van der Waals surface area contributed by atoms with Gasteiger partial charge in [0.15, 0.2) is 5.16 Å². The first-order chi connectivity index (χ1) is 15.8. The Hall–Kier alpha value is -2.72. The molecule has 0 atom stereocenters. The Morgan fingerprint density at radius 3 is 2.55 bits per heavy atom. The molecule has 172 valence electrons. The molecular formula is C23H20F3N3O2S2. The van der Waals surface area contributed by atoms with E-state index in [4.69, 9.17) is 0 Å². The first-order valence-corrected chi connectivity index (χ1v) is 12.2. The second kappa shape index (κ2) is 10.0. The topological polar surface area (TPSA) is 64.0 Å². The van der Waals surface area contributed by atoms with Gasteiger partial charge in [0.25, 0.3) is 5.56 Å². The van der Waals surface area contributed by atoms with Crippen LogP contribution in [0.5, 0.6) is 0 Å². The van der Waals surface area contributed by atoms with Crippen molar-refractivity contribution in [3.63, 3.8) is 0 Å². The summed E-state index contributed by atoms with van der Waals surface area (Å²) in [6, 6.07) is 14.1. The van der Waals surface area contributed by atoms with Crippen LogP contribution in [0.3, 0.4) is 0 Å². The number of halogens is 3. The smallest absolute Gasteiger partial charge is 0.325 e. The molecule has 0 saturated carbocycles. The van der Waals surface area contributed by atoms with E-state index in [1.54, 1.807) is 4.57 Å². The van der Waals surface area contributed by atoms with Crippen LogP contribution in [0, 0.1) is 0 Å². The summed E-state index contributed by atoms with van der Waals surface area (Å²) in [6.45, 7) is 0.437. The average Bonchev–Trinajstić information content (AvgIpc) is 3.27. The van der Waals surface area contributed by atoms with Gasteiger partial charge in [0.05, 0.1) is 21.9 Å². The molecule has 0 saturated heterocycles. The molecule has 1 N–H and O–H groups in total. The molecule has 1 aliphatic heterocycles. The summed E-state index contributed by atoms with van der Waals surface area (Å²) in [6.07, 6.45) is -3.07. The highest BCUT2D eigenvalue weighted by molar-refractivity contribution is 8.00. The summed E-state index contributed by atoms with van der Waals surface area (Å²) in [5, 5.41) is 3.06. The molecule has 5 nitrogen and oxygen atoms in total. The van der Waals surface area contributed by atoms with Gasteiger partial charge in [-0.05, 0) is 36.2 Å². The van der Waals surface area contributed by atoms with Gasteiger partial charge in [-0.15, -0.1) is 11.8 Å². The summed E-state index contributed by atoms with van der Waals surface area (Å²) in [7, 11) is 0. The molecular weight excluding hydrogens is 471 g/mol. The first kappa shape index (κ1) is 23.4. The fourth-order valence-corrected chi connectivity index (χ4v) is 5.27. The zero-order valence-electron chi connectivity index (χ0n) is 17.4. The molecule has 33 heavy (non-hydrogen) atoms. The molecule has 2 aromatic carbocycles. The van der Waals surface area contributed by atoms with Crippen LogP contribution < -0.4 is 10.9 Å². The van der Waals surface area contributed by atoms with Crippen LogP contribution in [0.4, 0.5) is 18.9 Å². The summed E-state index contributed by atoms with van der Waals surface area (Å²) < 4.78 is 39.7. The van der Waals surface area contributed by atoms with Gasteiger partial charge in [0.2, 0.25) is 5.91 Å². The van der Waals surface area contributed by atoms with Crippen molar-refractivity contribution in [2.75, 3.05) is 16.8 Å². The fraction of sp³-hybridized carbons (Fsp3) is 0.261. The number of rotatable bonds is 7. The SMILES string of the molecule is O=C(CSc1nc2c(c(=O)n1CCc1ccccc1)SCC2)Nc1ccc(C(F)(F)F)cc1. The lowest BCUT2D eigenvalue weighted by Crippen LogP contribution is -2.27. The molecule has 0 bridgehead atoms. The number of fused-ring (bicyclic) bond motifs is 1. The lowest BCUT2D eigenvalue weighted by molar-refractivity contribution is -0.137. The summed E-state index contributed by atoms with van der Waals surface area (Å²) >= 11 is 2.65. The van der Waals surface area contributed by atoms with Crippen molar-refractivity contribution in [3.05, 3.63) is 81.8 Å². The quantitative estimate of drug-likeness (QED) is 0.377. The van der Waals surface area contributed by atoms with Gasteiger partial charge < -0.3 is 5.32 Å². The number of carbonyl (C=O) groups excluding carboxylic acids is 1.